The summed E-state index contributed by atoms with van der Waals surface area (Å²) in [6.07, 6.45) is 1.67. The molecule has 1 aliphatic heterocycles. The lowest BCUT2D eigenvalue weighted by molar-refractivity contribution is 0.122. The third-order valence-electron chi connectivity index (χ3n) is 4.35. The molecule has 29 heavy (non-hydrogen) atoms. The van der Waals surface area contributed by atoms with Crippen LogP contribution in [0.2, 0.25) is 0 Å². The van der Waals surface area contributed by atoms with Gasteiger partial charge in [-0.15, -0.1) is 11.3 Å². The summed E-state index contributed by atoms with van der Waals surface area (Å²) in [5, 5.41) is 15.4. The fourth-order valence-corrected chi connectivity index (χ4v) is 3.79. The van der Waals surface area contributed by atoms with E-state index in [9.17, 15) is 5.26 Å². The Balaban J connectivity index is 1.94. The van der Waals surface area contributed by atoms with Crippen LogP contribution in [0, 0.1) is 18.3 Å². The van der Waals surface area contributed by atoms with Crippen molar-refractivity contribution in [3.8, 4) is 17.6 Å². The fraction of sp³-hybridized carbons (Fsp3) is 0.429. The quantitative estimate of drug-likeness (QED) is 0.653. The van der Waals surface area contributed by atoms with Crippen molar-refractivity contribution in [1.29, 1.82) is 5.26 Å². The average molecular weight is 415 g/mol. The van der Waals surface area contributed by atoms with Crippen LogP contribution in [-0.4, -0.2) is 44.5 Å². The number of aromatic nitrogens is 1. The molecular formula is C21H26N4O3S. The summed E-state index contributed by atoms with van der Waals surface area (Å²) in [7, 11) is 0. The smallest absolute Gasteiger partial charge is 0.145 e. The lowest BCUT2D eigenvalue weighted by Crippen LogP contribution is -2.36. The number of ether oxygens (including phenoxy) is 3. The Kier molecular flexibility index (Phi) is 7.33. The Morgan fingerprint density at radius 1 is 1.28 bits per heavy atom. The van der Waals surface area contributed by atoms with E-state index in [1.165, 1.54) is 11.3 Å². The molecule has 8 heteroatoms. The molecule has 2 heterocycles. The third-order valence-corrected chi connectivity index (χ3v) is 5.35. The van der Waals surface area contributed by atoms with Crippen LogP contribution in [-0.2, 0) is 4.74 Å². The maximum Gasteiger partial charge on any atom is 0.145 e. The van der Waals surface area contributed by atoms with Crippen molar-refractivity contribution < 1.29 is 14.2 Å². The number of hydrogen-bond donors (Lipinski definition) is 1. The van der Waals surface area contributed by atoms with Crippen molar-refractivity contribution >= 4 is 28.3 Å². The van der Waals surface area contributed by atoms with E-state index >= 15 is 0 Å². The van der Waals surface area contributed by atoms with Crippen LogP contribution < -0.4 is 19.7 Å². The highest BCUT2D eigenvalue weighted by atomic mass is 32.1. The molecule has 1 saturated heterocycles. The van der Waals surface area contributed by atoms with Gasteiger partial charge in [-0.3, -0.25) is 0 Å². The molecule has 1 N–H and O–H groups in total. The van der Waals surface area contributed by atoms with E-state index in [-0.39, 0.29) is 0 Å². The molecule has 154 valence electrons. The molecule has 0 spiro atoms. The van der Waals surface area contributed by atoms with Gasteiger partial charge in [0.1, 0.15) is 28.1 Å². The first-order valence-electron chi connectivity index (χ1n) is 9.71. The van der Waals surface area contributed by atoms with Crippen LogP contribution in [0.25, 0.3) is 5.57 Å². The average Bonchev–Trinajstić information content (AvgIpc) is 3.17. The van der Waals surface area contributed by atoms with Gasteiger partial charge < -0.3 is 24.4 Å². The number of hydrogen-bond acceptors (Lipinski definition) is 8. The Morgan fingerprint density at radius 3 is 2.62 bits per heavy atom. The predicted octanol–water partition coefficient (Wildman–Crippen LogP) is 4.06. The van der Waals surface area contributed by atoms with E-state index in [2.05, 4.69) is 21.3 Å². The Morgan fingerprint density at radius 2 is 2.00 bits per heavy atom. The summed E-state index contributed by atoms with van der Waals surface area (Å²) in [5.41, 5.74) is 3.10. The molecule has 0 radical (unpaired) electrons. The van der Waals surface area contributed by atoms with E-state index in [4.69, 9.17) is 14.2 Å². The fourth-order valence-electron chi connectivity index (χ4n) is 3.03. The molecule has 3 rings (SSSR count). The number of thiazole rings is 1. The summed E-state index contributed by atoms with van der Waals surface area (Å²) >= 11 is 1.45. The molecule has 7 nitrogen and oxygen atoms in total. The number of benzene rings is 1. The highest BCUT2D eigenvalue weighted by Gasteiger charge is 2.19. The number of rotatable bonds is 8. The lowest BCUT2D eigenvalue weighted by atomic mass is 10.2. The molecule has 0 unspecified atom stereocenters. The SMILES string of the molecule is CCOc1cc(N2CCOCC2)c(OCC)cc1N/C=C(\C#N)c1nc(C)cs1. The van der Waals surface area contributed by atoms with Gasteiger partial charge >= 0.3 is 0 Å². The van der Waals surface area contributed by atoms with Gasteiger partial charge in [0.15, 0.2) is 0 Å². The zero-order valence-electron chi connectivity index (χ0n) is 17.0. The van der Waals surface area contributed by atoms with Crippen molar-refractivity contribution in [2.75, 3.05) is 49.7 Å². The van der Waals surface area contributed by atoms with Crippen molar-refractivity contribution in [1.82, 2.24) is 4.98 Å². The zero-order chi connectivity index (χ0) is 20.6. The maximum absolute atomic E-state index is 9.53. The maximum atomic E-state index is 9.53. The number of nitriles is 1. The van der Waals surface area contributed by atoms with Crippen LogP contribution in [0.15, 0.2) is 23.7 Å². The van der Waals surface area contributed by atoms with E-state index in [1.54, 1.807) is 6.20 Å². The van der Waals surface area contributed by atoms with Crippen LogP contribution in [0.5, 0.6) is 11.5 Å². The van der Waals surface area contributed by atoms with Gasteiger partial charge in [-0.05, 0) is 20.8 Å². The summed E-state index contributed by atoms with van der Waals surface area (Å²) < 4.78 is 17.3. The number of nitrogens with zero attached hydrogens (tertiary/aromatic N) is 3. The second kappa shape index (κ2) is 10.1. The number of morpholine rings is 1. The van der Waals surface area contributed by atoms with Gasteiger partial charge in [0.2, 0.25) is 0 Å². The van der Waals surface area contributed by atoms with Crippen molar-refractivity contribution in [3.63, 3.8) is 0 Å². The second-order valence-electron chi connectivity index (χ2n) is 6.39. The third kappa shape index (κ3) is 5.19. The van der Waals surface area contributed by atoms with Gasteiger partial charge in [0.05, 0.1) is 37.8 Å². The van der Waals surface area contributed by atoms with Gasteiger partial charge in [-0.1, -0.05) is 0 Å². The molecule has 0 amide bonds. The van der Waals surface area contributed by atoms with E-state index in [1.807, 2.05) is 38.3 Å². The lowest BCUT2D eigenvalue weighted by Gasteiger charge is -2.31. The first kappa shape index (κ1) is 21.0. The number of allylic oxidation sites excluding steroid dienone is 1. The molecular weight excluding hydrogens is 388 g/mol. The minimum atomic E-state index is 0.473. The minimum absolute atomic E-state index is 0.473. The summed E-state index contributed by atoms with van der Waals surface area (Å²) in [6, 6.07) is 6.13. The summed E-state index contributed by atoms with van der Waals surface area (Å²) in [6.45, 7) is 9.91. The molecule has 0 bridgehead atoms. The summed E-state index contributed by atoms with van der Waals surface area (Å²) in [4.78, 5) is 6.63. The normalized spacial score (nSPS) is 14.4. The molecule has 0 aliphatic carbocycles. The van der Waals surface area contributed by atoms with Crippen LogP contribution >= 0.6 is 11.3 Å². The summed E-state index contributed by atoms with van der Waals surface area (Å²) in [5.74, 6) is 1.48. The standard InChI is InChI=1S/C21H26N4O3S/c1-4-27-19-11-18(25-6-8-26-9-7-25)20(28-5-2)10-17(19)23-13-16(12-22)21-24-15(3)14-29-21/h10-11,13-14,23H,4-9H2,1-3H3/b16-13+. The molecule has 2 aromatic rings. The Hall–Kier alpha value is -2.76. The molecule has 1 aromatic carbocycles. The Bertz CT molecular complexity index is 898. The molecule has 1 aromatic heterocycles. The first-order valence-corrected chi connectivity index (χ1v) is 10.6. The predicted molar refractivity (Wildman–Crippen MR) is 116 cm³/mol. The number of aryl methyl sites for hydroxylation is 1. The Labute approximate surface area is 175 Å². The van der Waals surface area contributed by atoms with Gasteiger partial charge in [0, 0.05) is 42.5 Å². The highest BCUT2D eigenvalue weighted by Crippen LogP contribution is 2.39. The van der Waals surface area contributed by atoms with Crippen molar-refractivity contribution in [3.05, 3.63) is 34.4 Å². The molecule has 0 atom stereocenters. The second-order valence-corrected chi connectivity index (χ2v) is 7.25. The topological polar surface area (TPSA) is 79.6 Å². The van der Waals surface area contributed by atoms with Gasteiger partial charge in [0.25, 0.3) is 0 Å². The monoisotopic (exact) mass is 414 g/mol. The van der Waals surface area contributed by atoms with Crippen LogP contribution in [0.1, 0.15) is 24.5 Å². The largest absolute Gasteiger partial charge is 0.492 e. The van der Waals surface area contributed by atoms with Gasteiger partial charge in [-0.2, -0.15) is 5.26 Å². The van der Waals surface area contributed by atoms with Crippen LogP contribution in [0.3, 0.4) is 0 Å². The molecule has 0 saturated carbocycles. The van der Waals surface area contributed by atoms with E-state index in [0.29, 0.717) is 42.8 Å². The first-order chi connectivity index (χ1) is 14.2. The van der Waals surface area contributed by atoms with Gasteiger partial charge in [-0.25, -0.2) is 4.98 Å². The van der Waals surface area contributed by atoms with Crippen molar-refractivity contribution in [2.24, 2.45) is 0 Å². The van der Waals surface area contributed by atoms with Crippen LogP contribution in [0.4, 0.5) is 11.4 Å². The zero-order valence-corrected chi connectivity index (χ0v) is 17.8. The number of nitrogens with one attached hydrogen (secondary N) is 1. The van der Waals surface area contributed by atoms with E-state index in [0.717, 1.165) is 35.9 Å². The van der Waals surface area contributed by atoms with E-state index < -0.39 is 0 Å². The highest BCUT2D eigenvalue weighted by molar-refractivity contribution is 7.10. The minimum Gasteiger partial charge on any atom is -0.492 e. The molecule has 1 aliphatic rings. The number of anilines is 2. The van der Waals surface area contributed by atoms with Crippen molar-refractivity contribution in [2.45, 2.75) is 20.8 Å². The molecule has 1 fully saturated rings.